The third-order valence-electron chi connectivity index (χ3n) is 2.78. The van der Waals surface area contributed by atoms with Gasteiger partial charge in [-0.1, -0.05) is 6.07 Å². The van der Waals surface area contributed by atoms with Gasteiger partial charge in [0, 0.05) is 12.5 Å². The molecule has 4 nitrogen and oxygen atoms in total. The smallest absolute Gasteiger partial charge is 0.199 e. The van der Waals surface area contributed by atoms with E-state index in [-0.39, 0.29) is 0 Å². The van der Waals surface area contributed by atoms with E-state index in [0.29, 0.717) is 6.04 Å². The lowest BCUT2D eigenvalue weighted by Gasteiger charge is -2.11. The molecule has 2 rings (SSSR count). The number of likely N-dealkylation sites (N-methyl/N-ethyl adjacent to an activating group) is 1. The number of nitrogens with one attached hydrogen (secondary N) is 1. The minimum atomic E-state index is 0.399. The van der Waals surface area contributed by atoms with Crippen molar-refractivity contribution in [1.29, 1.82) is 0 Å². The average Bonchev–Trinajstić information content (AvgIpc) is 2.72. The Morgan fingerprint density at radius 2 is 2.31 bits per heavy atom. The van der Waals surface area contributed by atoms with Crippen LogP contribution in [0.2, 0.25) is 0 Å². The molecule has 2 aromatic heterocycles. The molecule has 0 saturated carbocycles. The van der Waals surface area contributed by atoms with Gasteiger partial charge in [0.15, 0.2) is 5.88 Å². The van der Waals surface area contributed by atoms with Crippen molar-refractivity contribution in [2.75, 3.05) is 14.2 Å². The summed E-state index contributed by atoms with van der Waals surface area (Å²) in [5.74, 6) is 1.85. The van der Waals surface area contributed by atoms with Crippen LogP contribution >= 0.6 is 0 Å². The maximum Gasteiger partial charge on any atom is 0.199 e. The van der Waals surface area contributed by atoms with Gasteiger partial charge in [-0.25, -0.2) is 4.98 Å². The van der Waals surface area contributed by atoms with Crippen LogP contribution in [0.25, 0.3) is 5.52 Å². The monoisotopic (exact) mass is 219 g/mol. The summed E-state index contributed by atoms with van der Waals surface area (Å²) >= 11 is 0. The molecule has 2 aromatic rings. The molecule has 1 atom stereocenters. The van der Waals surface area contributed by atoms with Crippen LogP contribution in [0, 0.1) is 0 Å². The first-order valence-electron chi connectivity index (χ1n) is 5.43. The highest BCUT2D eigenvalue weighted by Gasteiger charge is 2.10. The fourth-order valence-corrected chi connectivity index (χ4v) is 1.76. The first-order valence-corrected chi connectivity index (χ1v) is 5.43. The lowest BCUT2D eigenvalue weighted by atomic mass is 10.2. The van der Waals surface area contributed by atoms with Gasteiger partial charge in [-0.3, -0.25) is 4.40 Å². The van der Waals surface area contributed by atoms with Crippen molar-refractivity contribution < 1.29 is 4.74 Å². The van der Waals surface area contributed by atoms with E-state index in [1.54, 1.807) is 7.11 Å². The lowest BCUT2D eigenvalue weighted by molar-refractivity contribution is 0.389. The second-order valence-corrected chi connectivity index (χ2v) is 3.90. The van der Waals surface area contributed by atoms with E-state index in [0.717, 1.165) is 23.6 Å². The Kier molecular flexibility index (Phi) is 3.10. The van der Waals surface area contributed by atoms with Crippen LogP contribution < -0.4 is 10.1 Å². The third kappa shape index (κ3) is 1.88. The van der Waals surface area contributed by atoms with Gasteiger partial charge in [-0.05, 0) is 26.1 Å². The van der Waals surface area contributed by atoms with Gasteiger partial charge in [0.2, 0.25) is 0 Å². The average molecular weight is 219 g/mol. The number of rotatable bonds is 4. The number of hydrogen-bond acceptors (Lipinski definition) is 3. The van der Waals surface area contributed by atoms with E-state index in [2.05, 4.69) is 17.2 Å². The van der Waals surface area contributed by atoms with E-state index in [4.69, 9.17) is 4.74 Å². The minimum absolute atomic E-state index is 0.399. The number of fused-ring (bicyclic) bond motifs is 1. The first kappa shape index (κ1) is 11.0. The molecular weight excluding hydrogens is 202 g/mol. The number of pyridine rings is 1. The molecule has 1 N–H and O–H groups in total. The molecule has 0 spiro atoms. The zero-order chi connectivity index (χ0) is 11.5. The second-order valence-electron chi connectivity index (χ2n) is 3.90. The van der Waals surface area contributed by atoms with Gasteiger partial charge in [0.1, 0.15) is 5.82 Å². The van der Waals surface area contributed by atoms with Gasteiger partial charge in [-0.15, -0.1) is 0 Å². The molecule has 0 aliphatic carbocycles. The van der Waals surface area contributed by atoms with Crippen molar-refractivity contribution >= 4 is 5.52 Å². The van der Waals surface area contributed by atoms with Crippen LogP contribution in [0.15, 0.2) is 24.4 Å². The van der Waals surface area contributed by atoms with E-state index in [1.165, 1.54) is 0 Å². The Bertz CT molecular complexity index is 478. The van der Waals surface area contributed by atoms with E-state index in [1.807, 2.05) is 35.8 Å². The second kappa shape index (κ2) is 4.53. The molecule has 1 unspecified atom stereocenters. The zero-order valence-corrected chi connectivity index (χ0v) is 9.90. The van der Waals surface area contributed by atoms with E-state index < -0.39 is 0 Å². The lowest BCUT2D eigenvalue weighted by Crippen LogP contribution is -2.24. The van der Waals surface area contributed by atoms with E-state index >= 15 is 0 Å². The highest BCUT2D eigenvalue weighted by Crippen LogP contribution is 2.17. The molecule has 0 radical (unpaired) electrons. The van der Waals surface area contributed by atoms with E-state index in [9.17, 15) is 0 Å². The van der Waals surface area contributed by atoms with Crippen molar-refractivity contribution in [2.24, 2.45) is 0 Å². The number of imidazole rings is 1. The summed E-state index contributed by atoms with van der Waals surface area (Å²) in [5.41, 5.74) is 1.07. The van der Waals surface area contributed by atoms with Gasteiger partial charge in [0.25, 0.3) is 0 Å². The number of hydrogen-bond donors (Lipinski definition) is 1. The predicted molar refractivity (Wildman–Crippen MR) is 64.0 cm³/mol. The number of methoxy groups -OCH3 is 1. The molecule has 86 valence electrons. The van der Waals surface area contributed by atoms with Crippen LogP contribution in [0.1, 0.15) is 12.7 Å². The van der Waals surface area contributed by atoms with Gasteiger partial charge >= 0.3 is 0 Å². The Labute approximate surface area is 95.3 Å². The molecule has 4 heteroatoms. The molecule has 16 heavy (non-hydrogen) atoms. The number of nitrogens with zero attached hydrogens (tertiary/aromatic N) is 2. The van der Waals surface area contributed by atoms with Crippen molar-refractivity contribution in [3.63, 3.8) is 0 Å². The van der Waals surface area contributed by atoms with Gasteiger partial charge in [-0.2, -0.15) is 0 Å². The molecule has 0 aliphatic rings. The fraction of sp³-hybridized carbons (Fsp3) is 0.417. The van der Waals surface area contributed by atoms with Gasteiger partial charge < -0.3 is 10.1 Å². The summed E-state index contributed by atoms with van der Waals surface area (Å²) in [6.07, 6.45) is 2.76. The molecule has 0 aliphatic heterocycles. The van der Waals surface area contributed by atoms with Gasteiger partial charge in [0.05, 0.1) is 18.8 Å². The van der Waals surface area contributed by atoms with Crippen molar-refractivity contribution in [1.82, 2.24) is 14.7 Å². The fourth-order valence-electron chi connectivity index (χ4n) is 1.76. The molecule has 0 fully saturated rings. The standard InChI is InChI=1S/C12H17N3O/c1-9(13-2)7-11-14-8-10-5-4-6-12(16-3)15(10)11/h4-6,8-9,13H,7H2,1-3H3. The Morgan fingerprint density at radius 1 is 1.50 bits per heavy atom. The van der Waals surface area contributed by atoms with Crippen LogP contribution in [-0.2, 0) is 6.42 Å². The maximum absolute atomic E-state index is 5.34. The highest BCUT2D eigenvalue weighted by molar-refractivity contribution is 5.49. The van der Waals surface area contributed by atoms with Crippen molar-refractivity contribution in [2.45, 2.75) is 19.4 Å². The summed E-state index contributed by atoms with van der Waals surface area (Å²) in [6.45, 7) is 2.14. The van der Waals surface area contributed by atoms with Crippen molar-refractivity contribution in [3.8, 4) is 5.88 Å². The Morgan fingerprint density at radius 3 is 3.00 bits per heavy atom. The molecule has 0 amide bonds. The van der Waals surface area contributed by atoms with Crippen LogP contribution in [0.3, 0.4) is 0 Å². The van der Waals surface area contributed by atoms with Crippen LogP contribution in [-0.4, -0.2) is 29.6 Å². The summed E-state index contributed by atoms with van der Waals surface area (Å²) in [7, 11) is 3.64. The highest BCUT2D eigenvalue weighted by atomic mass is 16.5. The predicted octanol–water partition coefficient (Wildman–Crippen LogP) is 1.49. The van der Waals surface area contributed by atoms with Crippen LogP contribution in [0.5, 0.6) is 5.88 Å². The normalized spacial score (nSPS) is 12.9. The molecular formula is C12H17N3O. The number of ether oxygens (including phenoxy) is 1. The summed E-state index contributed by atoms with van der Waals surface area (Å²) in [4.78, 5) is 4.43. The largest absolute Gasteiger partial charge is 0.482 e. The first-order chi connectivity index (χ1) is 7.76. The molecule has 0 saturated heterocycles. The maximum atomic E-state index is 5.34. The molecule has 2 heterocycles. The Balaban J connectivity index is 2.45. The quantitative estimate of drug-likeness (QED) is 0.846. The third-order valence-corrected chi connectivity index (χ3v) is 2.78. The van der Waals surface area contributed by atoms with Crippen molar-refractivity contribution in [3.05, 3.63) is 30.2 Å². The van der Waals surface area contributed by atoms with Crippen LogP contribution in [0.4, 0.5) is 0 Å². The minimum Gasteiger partial charge on any atom is -0.482 e. The SMILES string of the molecule is CNC(C)Cc1ncc2cccc(OC)n12. The number of aromatic nitrogens is 2. The summed E-state index contributed by atoms with van der Waals surface area (Å²) < 4.78 is 7.39. The summed E-state index contributed by atoms with van der Waals surface area (Å²) in [5, 5.41) is 3.21. The Hall–Kier alpha value is -1.55. The zero-order valence-electron chi connectivity index (χ0n) is 9.90. The summed E-state index contributed by atoms with van der Waals surface area (Å²) in [6, 6.07) is 6.35. The molecule has 0 aromatic carbocycles. The molecule has 0 bridgehead atoms. The topological polar surface area (TPSA) is 38.6 Å².